The Morgan fingerprint density at radius 1 is 1.07 bits per heavy atom. The summed E-state index contributed by atoms with van der Waals surface area (Å²) in [5.41, 5.74) is 6.57. The molecule has 1 amide bonds. The van der Waals surface area contributed by atoms with Crippen molar-refractivity contribution in [2.45, 2.75) is 25.3 Å². The summed E-state index contributed by atoms with van der Waals surface area (Å²) < 4.78 is 0. The highest BCUT2D eigenvalue weighted by atomic mass is 16.2. The van der Waals surface area contributed by atoms with Gasteiger partial charge < -0.3 is 4.90 Å². The first kappa shape index (κ1) is 17.7. The van der Waals surface area contributed by atoms with E-state index in [1.807, 2.05) is 43.6 Å². The lowest BCUT2D eigenvalue weighted by Gasteiger charge is -2.19. The largest absolute Gasteiger partial charge is 0.337 e. The topological polar surface area (TPSA) is 49.0 Å². The molecular weight excluding hydrogens is 358 g/mol. The van der Waals surface area contributed by atoms with Crippen LogP contribution in [0.2, 0.25) is 0 Å². The average molecular weight is 381 g/mol. The number of fused-ring (bicyclic) bond motifs is 1. The summed E-state index contributed by atoms with van der Waals surface area (Å²) in [7, 11) is 1.86. The highest BCUT2D eigenvalue weighted by Gasteiger charge is 2.27. The van der Waals surface area contributed by atoms with Gasteiger partial charge in [0, 0.05) is 24.5 Å². The molecule has 0 bridgehead atoms. The molecular formula is C25H23N3O. The van der Waals surface area contributed by atoms with Crippen molar-refractivity contribution in [2.75, 3.05) is 7.05 Å². The molecule has 0 unspecified atom stereocenters. The van der Waals surface area contributed by atoms with Gasteiger partial charge in [-0.3, -0.25) is 9.89 Å². The van der Waals surface area contributed by atoms with Crippen molar-refractivity contribution in [3.8, 4) is 11.1 Å². The van der Waals surface area contributed by atoms with Crippen molar-refractivity contribution < 1.29 is 4.79 Å². The summed E-state index contributed by atoms with van der Waals surface area (Å²) in [5, 5.41) is 8.22. The molecule has 1 fully saturated rings. The van der Waals surface area contributed by atoms with Crippen LogP contribution in [0, 0.1) is 0 Å². The van der Waals surface area contributed by atoms with Gasteiger partial charge in [-0.1, -0.05) is 54.6 Å². The molecule has 29 heavy (non-hydrogen) atoms. The first-order chi connectivity index (χ1) is 14.2. The zero-order valence-corrected chi connectivity index (χ0v) is 16.4. The van der Waals surface area contributed by atoms with Gasteiger partial charge in [0.1, 0.15) is 0 Å². The number of para-hydroxylation sites is 1. The van der Waals surface area contributed by atoms with Crippen LogP contribution in [0.15, 0.2) is 72.9 Å². The van der Waals surface area contributed by atoms with Crippen LogP contribution in [-0.4, -0.2) is 28.1 Å². The SMILES string of the molecule is CN(Cc1cccc2cn[nH]c12)C(=O)c1ccc(-c2ccccc2)c(C2CC2)c1. The molecule has 4 aromatic rings. The van der Waals surface area contributed by atoms with E-state index in [0.29, 0.717) is 12.5 Å². The summed E-state index contributed by atoms with van der Waals surface area (Å²) in [6.45, 7) is 0.539. The predicted octanol–water partition coefficient (Wildman–Crippen LogP) is 5.38. The quantitative estimate of drug-likeness (QED) is 0.504. The molecule has 0 atom stereocenters. The predicted molar refractivity (Wildman–Crippen MR) is 116 cm³/mol. The average Bonchev–Trinajstić information content (AvgIpc) is 3.50. The Bertz CT molecular complexity index is 1180. The Labute approximate surface area is 170 Å². The number of benzene rings is 3. The normalized spacial score (nSPS) is 13.6. The van der Waals surface area contributed by atoms with E-state index in [4.69, 9.17) is 0 Å². The maximum absolute atomic E-state index is 13.2. The van der Waals surface area contributed by atoms with Crippen LogP contribution in [0.25, 0.3) is 22.0 Å². The number of nitrogens with zero attached hydrogens (tertiary/aromatic N) is 2. The number of aromatic nitrogens is 2. The number of nitrogens with one attached hydrogen (secondary N) is 1. The number of carbonyl (C=O) groups is 1. The van der Waals surface area contributed by atoms with E-state index in [0.717, 1.165) is 22.0 Å². The maximum atomic E-state index is 13.2. The number of aromatic amines is 1. The highest BCUT2D eigenvalue weighted by Crippen LogP contribution is 2.44. The van der Waals surface area contributed by atoms with Crippen LogP contribution < -0.4 is 0 Å². The molecule has 0 radical (unpaired) electrons. The van der Waals surface area contributed by atoms with Crippen LogP contribution >= 0.6 is 0 Å². The first-order valence-electron chi connectivity index (χ1n) is 10.1. The van der Waals surface area contributed by atoms with Crippen LogP contribution in [0.1, 0.15) is 40.2 Å². The van der Waals surface area contributed by atoms with Gasteiger partial charge in [-0.2, -0.15) is 5.10 Å². The third-order valence-corrected chi connectivity index (χ3v) is 5.72. The molecule has 1 heterocycles. The first-order valence-corrected chi connectivity index (χ1v) is 10.1. The molecule has 0 spiro atoms. The Balaban J connectivity index is 1.43. The second-order valence-corrected chi connectivity index (χ2v) is 7.85. The summed E-state index contributed by atoms with van der Waals surface area (Å²) >= 11 is 0. The number of amides is 1. The number of hydrogen-bond donors (Lipinski definition) is 1. The van der Waals surface area contributed by atoms with E-state index in [1.54, 1.807) is 4.90 Å². The molecule has 5 rings (SSSR count). The summed E-state index contributed by atoms with van der Waals surface area (Å²) in [6.07, 6.45) is 4.22. The molecule has 4 heteroatoms. The molecule has 1 N–H and O–H groups in total. The smallest absolute Gasteiger partial charge is 0.253 e. The Kier molecular flexibility index (Phi) is 4.39. The minimum absolute atomic E-state index is 0.0445. The van der Waals surface area contributed by atoms with Gasteiger partial charge in [0.05, 0.1) is 11.7 Å². The molecule has 144 valence electrons. The van der Waals surface area contributed by atoms with Crippen molar-refractivity contribution in [1.29, 1.82) is 0 Å². The molecule has 3 aromatic carbocycles. The van der Waals surface area contributed by atoms with Crippen molar-refractivity contribution in [3.05, 3.63) is 89.6 Å². The zero-order valence-electron chi connectivity index (χ0n) is 16.4. The molecule has 4 nitrogen and oxygen atoms in total. The van der Waals surface area contributed by atoms with Gasteiger partial charge in [0.2, 0.25) is 0 Å². The monoisotopic (exact) mass is 381 g/mol. The fraction of sp³-hybridized carbons (Fsp3) is 0.200. The van der Waals surface area contributed by atoms with Crippen molar-refractivity contribution in [1.82, 2.24) is 15.1 Å². The van der Waals surface area contributed by atoms with E-state index in [9.17, 15) is 4.79 Å². The molecule has 1 aliphatic carbocycles. The molecule has 0 saturated heterocycles. The van der Waals surface area contributed by atoms with Gasteiger partial charge in [-0.05, 0) is 53.1 Å². The third kappa shape index (κ3) is 3.42. The molecule has 0 aliphatic heterocycles. The van der Waals surface area contributed by atoms with Gasteiger partial charge in [-0.15, -0.1) is 0 Å². The number of rotatable bonds is 5. The van der Waals surface area contributed by atoms with Crippen molar-refractivity contribution in [3.63, 3.8) is 0 Å². The van der Waals surface area contributed by atoms with Crippen LogP contribution in [0.5, 0.6) is 0 Å². The fourth-order valence-electron chi connectivity index (χ4n) is 4.02. The number of carbonyl (C=O) groups excluding carboxylic acids is 1. The fourth-order valence-corrected chi connectivity index (χ4v) is 4.02. The van der Waals surface area contributed by atoms with E-state index in [-0.39, 0.29) is 5.91 Å². The summed E-state index contributed by atoms with van der Waals surface area (Å²) in [4.78, 5) is 14.9. The molecule has 1 aromatic heterocycles. The second-order valence-electron chi connectivity index (χ2n) is 7.85. The lowest BCUT2D eigenvalue weighted by atomic mass is 9.94. The maximum Gasteiger partial charge on any atom is 0.253 e. The van der Waals surface area contributed by atoms with Gasteiger partial charge in [0.15, 0.2) is 0 Å². The summed E-state index contributed by atoms with van der Waals surface area (Å²) in [5.74, 6) is 0.616. The zero-order chi connectivity index (χ0) is 19.8. The van der Waals surface area contributed by atoms with E-state index < -0.39 is 0 Å². The van der Waals surface area contributed by atoms with Gasteiger partial charge in [-0.25, -0.2) is 0 Å². The lowest BCUT2D eigenvalue weighted by molar-refractivity contribution is 0.0785. The number of H-pyrrole nitrogens is 1. The van der Waals surface area contributed by atoms with Crippen LogP contribution in [-0.2, 0) is 6.54 Å². The second kappa shape index (κ2) is 7.21. The van der Waals surface area contributed by atoms with Crippen LogP contribution in [0.4, 0.5) is 0 Å². The minimum Gasteiger partial charge on any atom is -0.337 e. The standard InChI is InChI=1S/C25H23N3O/c1-28(16-21-9-5-8-20-15-26-27-24(20)21)25(29)19-12-13-22(17-6-3-2-4-7-17)23(14-19)18-10-11-18/h2-9,12-15,18H,10-11,16H2,1H3,(H,26,27). The molecule has 1 aliphatic rings. The number of hydrogen-bond acceptors (Lipinski definition) is 2. The van der Waals surface area contributed by atoms with Gasteiger partial charge in [0.25, 0.3) is 5.91 Å². The van der Waals surface area contributed by atoms with Crippen LogP contribution in [0.3, 0.4) is 0 Å². The van der Waals surface area contributed by atoms with E-state index in [2.05, 4.69) is 46.6 Å². The van der Waals surface area contributed by atoms with Crippen molar-refractivity contribution >= 4 is 16.8 Å². The molecule has 1 saturated carbocycles. The van der Waals surface area contributed by atoms with E-state index >= 15 is 0 Å². The Morgan fingerprint density at radius 2 is 1.90 bits per heavy atom. The lowest BCUT2D eigenvalue weighted by Crippen LogP contribution is -2.26. The van der Waals surface area contributed by atoms with Gasteiger partial charge >= 0.3 is 0 Å². The van der Waals surface area contributed by atoms with E-state index in [1.165, 1.54) is 29.5 Å². The Hall–Kier alpha value is -3.40. The third-order valence-electron chi connectivity index (χ3n) is 5.72. The van der Waals surface area contributed by atoms with Crippen molar-refractivity contribution in [2.24, 2.45) is 0 Å². The highest BCUT2D eigenvalue weighted by molar-refractivity contribution is 5.95. The minimum atomic E-state index is 0.0445. The summed E-state index contributed by atoms with van der Waals surface area (Å²) in [6, 6.07) is 22.7. The Morgan fingerprint density at radius 3 is 2.69 bits per heavy atom.